The Morgan fingerprint density at radius 1 is 0.857 bits per heavy atom. The Hall–Kier alpha value is -2.49. The first kappa shape index (κ1) is 18.9. The molecule has 4 rings (SSSR count). The van der Waals surface area contributed by atoms with Crippen molar-refractivity contribution in [3.63, 3.8) is 0 Å². The Morgan fingerprint density at radius 3 is 1.82 bits per heavy atom. The average Bonchev–Trinajstić information content (AvgIpc) is 2.88. The van der Waals surface area contributed by atoms with Crippen molar-refractivity contribution in [3.8, 4) is 11.5 Å². The molecular weight excluding hydrogens is 352 g/mol. The van der Waals surface area contributed by atoms with Crippen molar-refractivity contribution in [2.24, 2.45) is 5.92 Å². The van der Waals surface area contributed by atoms with Crippen LogP contribution in [0, 0.1) is 19.8 Å². The van der Waals surface area contributed by atoms with Crippen molar-refractivity contribution < 1.29 is 20.1 Å². The number of carboxylic acids is 1. The van der Waals surface area contributed by atoms with Gasteiger partial charge in [0.05, 0.1) is 5.92 Å². The summed E-state index contributed by atoms with van der Waals surface area (Å²) >= 11 is 0. The van der Waals surface area contributed by atoms with Crippen LogP contribution in [-0.4, -0.2) is 21.3 Å². The van der Waals surface area contributed by atoms with Gasteiger partial charge in [0.1, 0.15) is 11.5 Å². The van der Waals surface area contributed by atoms with Crippen LogP contribution in [0.5, 0.6) is 11.5 Å². The molecule has 2 aliphatic carbocycles. The van der Waals surface area contributed by atoms with Crippen LogP contribution in [0.3, 0.4) is 0 Å². The summed E-state index contributed by atoms with van der Waals surface area (Å²) in [5, 5.41) is 31.4. The minimum Gasteiger partial charge on any atom is -0.508 e. The monoisotopic (exact) mass is 380 g/mol. The second-order valence-electron chi connectivity index (χ2n) is 9.89. The molecule has 0 heterocycles. The van der Waals surface area contributed by atoms with E-state index < -0.39 is 22.7 Å². The van der Waals surface area contributed by atoms with Crippen LogP contribution in [0.4, 0.5) is 0 Å². The van der Waals surface area contributed by atoms with Crippen molar-refractivity contribution in [3.05, 3.63) is 57.6 Å². The Morgan fingerprint density at radius 2 is 1.32 bits per heavy atom. The van der Waals surface area contributed by atoms with Crippen LogP contribution in [0.2, 0.25) is 0 Å². The van der Waals surface area contributed by atoms with E-state index in [0.717, 1.165) is 33.4 Å². The summed E-state index contributed by atoms with van der Waals surface area (Å²) in [5.41, 5.74) is 3.69. The van der Waals surface area contributed by atoms with Crippen LogP contribution in [0.15, 0.2) is 24.3 Å². The van der Waals surface area contributed by atoms with Gasteiger partial charge in [-0.05, 0) is 71.2 Å². The van der Waals surface area contributed by atoms with E-state index in [9.17, 15) is 20.1 Å². The van der Waals surface area contributed by atoms with Gasteiger partial charge in [-0.1, -0.05) is 39.8 Å². The number of hydrogen-bond donors (Lipinski definition) is 3. The largest absolute Gasteiger partial charge is 0.508 e. The molecule has 4 heteroatoms. The SMILES string of the molecule is Cc1cc2c(cc1O)[C@]1(CC2(C)C)c2cc(O)c(C)cc2C(C)(C)C1C(=O)O. The van der Waals surface area contributed by atoms with Gasteiger partial charge in [0.15, 0.2) is 0 Å². The van der Waals surface area contributed by atoms with E-state index in [1.165, 1.54) is 0 Å². The van der Waals surface area contributed by atoms with E-state index in [0.29, 0.717) is 6.42 Å². The van der Waals surface area contributed by atoms with Crippen LogP contribution < -0.4 is 0 Å². The maximum Gasteiger partial charge on any atom is 0.308 e. The zero-order valence-corrected chi connectivity index (χ0v) is 17.3. The summed E-state index contributed by atoms with van der Waals surface area (Å²) in [5.74, 6) is -1.18. The Kier molecular flexibility index (Phi) is 3.58. The van der Waals surface area contributed by atoms with Gasteiger partial charge < -0.3 is 15.3 Å². The molecule has 0 fully saturated rings. The highest BCUT2D eigenvalue weighted by Gasteiger charge is 2.65. The molecule has 1 unspecified atom stereocenters. The molecule has 0 saturated heterocycles. The quantitative estimate of drug-likeness (QED) is 0.672. The molecule has 0 saturated carbocycles. The molecule has 2 aromatic carbocycles. The lowest BCUT2D eigenvalue weighted by atomic mass is 9.64. The molecule has 0 aliphatic heterocycles. The Balaban J connectivity index is 2.17. The molecule has 0 amide bonds. The number of phenolic OH excluding ortho intramolecular Hbond substituents is 2. The second-order valence-corrected chi connectivity index (χ2v) is 9.89. The van der Waals surface area contributed by atoms with Gasteiger partial charge in [0.25, 0.3) is 0 Å². The van der Waals surface area contributed by atoms with Crippen molar-refractivity contribution in [2.75, 3.05) is 0 Å². The fraction of sp³-hybridized carbons (Fsp3) is 0.458. The summed E-state index contributed by atoms with van der Waals surface area (Å²) < 4.78 is 0. The minimum atomic E-state index is -0.845. The lowest BCUT2D eigenvalue weighted by molar-refractivity contribution is -0.146. The lowest BCUT2D eigenvalue weighted by Crippen LogP contribution is -2.43. The third kappa shape index (κ3) is 2.09. The fourth-order valence-electron chi connectivity index (χ4n) is 6.06. The highest BCUT2D eigenvalue weighted by molar-refractivity contribution is 5.81. The normalized spacial score (nSPS) is 26.3. The number of fused-ring (bicyclic) bond motifs is 4. The Bertz CT molecular complexity index is 1020. The number of hydrogen-bond acceptors (Lipinski definition) is 3. The van der Waals surface area contributed by atoms with E-state index in [4.69, 9.17) is 0 Å². The number of phenols is 2. The summed E-state index contributed by atoms with van der Waals surface area (Å²) in [7, 11) is 0. The zero-order chi connectivity index (χ0) is 20.8. The number of benzene rings is 2. The number of carboxylic acid groups (broad SMARTS) is 1. The second kappa shape index (κ2) is 5.31. The summed E-state index contributed by atoms with van der Waals surface area (Å²) in [6.45, 7) is 11.9. The van der Waals surface area contributed by atoms with E-state index in [-0.39, 0.29) is 16.9 Å². The van der Waals surface area contributed by atoms with Crippen LogP contribution in [0.1, 0.15) is 67.5 Å². The first-order valence-electron chi connectivity index (χ1n) is 9.76. The smallest absolute Gasteiger partial charge is 0.308 e. The summed E-state index contributed by atoms with van der Waals surface area (Å²) in [6, 6.07) is 7.46. The molecule has 28 heavy (non-hydrogen) atoms. The van der Waals surface area contributed by atoms with Crippen LogP contribution >= 0.6 is 0 Å². The molecule has 3 N–H and O–H groups in total. The van der Waals surface area contributed by atoms with E-state index in [1.54, 1.807) is 12.1 Å². The molecule has 1 spiro atoms. The number of carbonyl (C=O) groups is 1. The fourth-order valence-corrected chi connectivity index (χ4v) is 6.06. The molecule has 2 aromatic rings. The number of aromatic hydroxyl groups is 2. The minimum absolute atomic E-state index is 0.183. The number of aliphatic carboxylic acids is 1. The molecule has 0 bridgehead atoms. The van der Waals surface area contributed by atoms with Crippen molar-refractivity contribution >= 4 is 5.97 Å². The summed E-state index contributed by atoms with van der Waals surface area (Å²) in [6.07, 6.45) is 0.619. The first-order chi connectivity index (χ1) is 12.8. The average molecular weight is 380 g/mol. The molecule has 2 atom stereocenters. The van der Waals surface area contributed by atoms with Crippen molar-refractivity contribution in [1.82, 2.24) is 0 Å². The highest BCUT2D eigenvalue weighted by atomic mass is 16.4. The maximum absolute atomic E-state index is 12.7. The third-order valence-electron chi connectivity index (χ3n) is 7.24. The molecular formula is C24H28O4. The first-order valence-corrected chi connectivity index (χ1v) is 9.76. The maximum atomic E-state index is 12.7. The number of aryl methyl sites for hydroxylation is 2. The highest BCUT2D eigenvalue weighted by Crippen LogP contribution is 2.66. The predicted octanol–water partition coefficient (Wildman–Crippen LogP) is 4.67. The van der Waals surface area contributed by atoms with Gasteiger partial charge in [-0.3, -0.25) is 4.79 Å². The van der Waals surface area contributed by atoms with Crippen LogP contribution in [-0.2, 0) is 21.0 Å². The van der Waals surface area contributed by atoms with Gasteiger partial charge >= 0.3 is 5.97 Å². The molecule has 0 radical (unpaired) electrons. The van der Waals surface area contributed by atoms with E-state index in [1.807, 2.05) is 39.8 Å². The van der Waals surface area contributed by atoms with Gasteiger partial charge in [0, 0.05) is 10.8 Å². The predicted molar refractivity (Wildman–Crippen MR) is 108 cm³/mol. The van der Waals surface area contributed by atoms with Gasteiger partial charge in [-0.25, -0.2) is 0 Å². The van der Waals surface area contributed by atoms with Gasteiger partial charge in [0.2, 0.25) is 0 Å². The zero-order valence-electron chi connectivity index (χ0n) is 17.3. The standard InChI is InChI=1S/C24H28O4/c1-12-7-14-16(9-18(12)25)24(11-22(14,3)4)17-10-19(26)13(2)8-15(17)23(5,6)20(24)21(27)28/h7-10,20,25-26H,11H2,1-6H3,(H,27,28)/t20?,24-/m1/s1. The van der Waals surface area contributed by atoms with Crippen LogP contribution in [0.25, 0.3) is 0 Å². The summed E-state index contributed by atoms with van der Waals surface area (Å²) in [4.78, 5) is 12.7. The van der Waals surface area contributed by atoms with Crippen molar-refractivity contribution in [1.29, 1.82) is 0 Å². The van der Waals surface area contributed by atoms with Gasteiger partial charge in [-0.2, -0.15) is 0 Å². The van der Waals surface area contributed by atoms with Gasteiger partial charge in [-0.15, -0.1) is 0 Å². The lowest BCUT2D eigenvalue weighted by Gasteiger charge is -2.37. The van der Waals surface area contributed by atoms with E-state index in [2.05, 4.69) is 13.8 Å². The molecule has 4 nitrogen and oxygen atoms in total. The van der Waals surface area contributed by atoms with E-state index >= 15 is 0 Å². The molecule has 2 aliphatic rings. The Labute approximate surface area is 165 Å². The molecule has 148 valence electrons. The molecule has 0 aromatic heterocycles. The number of rotatable bonds is 1. The topological polar surface area (TPSA) is 77.8 Å². The van der Waals surface area contributed by atoms with Crippen molar-refractivity contribution in [2.45, 2.75) is 64.2 Å². The third-order valence-corrected chi connectivity index (χ3v) is 7.24.